The van der Waals surface area contributed by atoms with E-state index in [2.05, 4.69) is 0 Å². The van der Waals surface area contributed by atoms with Gasteiger partial charge in [-0.15, -0.1) is 0 Å². The number of morpholine rings is 1. The molecule has 2 aliphatic heterocycles. The molecule has 1 amide bonds. The summed E-state index contributed by atoms with van der Waals surface area (Å²) in [6, 6.07) is -0.191. The first-order valence-corrected chi connectivity index (χ1v) is 8.05. The molecule has 2 rings (SSSR count). The number of nitrogens with zero attached hydrogens (tertiary/aromatic N) is 1. The van der Waals surface area contributed by atoms with Crippen LogP contribution in [0.3, 0.4) is 0 Å². The Morgan fingerprint density at radius 2 is 2.17 bits per heavy atom. The van der Waals surface area contributed by atoms with Crippen LogP contribution in [-0.4, -0.2) is 62.6 Å². The number of ether oxygens (including phenoxy) is 1. The lowest BCUT2D eigenvalue weighted by Gasteiger charge is -2.37. The summed E-state index contributed by atoms with van der Waals surface area (Å²) in [5.74, 6) is 0.0845. The largest absolute Gasteiger partial charge is 0.369 e. The molecule has 2 aliphatic rings. The molecule has 0 saturated carbocycles. The van der Waals surface area contributed by atoms with Gasteiger partial charge in [-0.05, 0) is 12.8 Å². The SMILES string of the molecule is NCC1COCC(=O)N1CC1CCCCS1(=O)=O. The second kappa shape index (κ2) is 5.54. The van der Waals surface area contributed by atoms with Crippen molar-refractivity contribution in [1.82, 2.24) is 4.90 Å². The molecular weight excluding hydrogens is 256 g/mol. The van der Waals surface area contributed by atoms with Gasteiger partial charge in [-0.2, -0.15) is 0 Å². The Bertz CT molecular complexity index is 409. The van der Waals surface area contributed by atoms with Crippen molar-refractivity contribution in [2.24, 2.45) is 5.73 Å². The molecule has 18 heavy (non-hydrogen) atoms. The first-order chi connectivity index (χ1) is 8.54. The van der Waals surface area contributed by atoms with E-state index in [0.29, 0.717) is 19.6 Å². The zero-order chi connectivity index (χ0) is 13.2. The normalized spacial score (nSPS) is 32.5. The van der Waals surface area contributed by atoms with Crippen LogP contribution in [0.2, 0.25) is 0 Å². The fourth-order valence-electron chi connectivity index (χ4n) is 2.55. The summed E-state index contributed by atoms with van der Waals surface area (Å²) in [5, 5.41) is -0.428. The minimum atomic E-state index is -3.05. The molecule has 2 fully saturated rings. The van der Waals surface area contributed by atoms with Gasteiger partial charge in [-0.1, -0.05) is 6.42 Å². The monoisotopic (exact) mass is 276 g/mol. The molecule has 2 heterocycles. The fourth-order valence-corrected chi connectivity index (χ4v) is 4.40. The highest BCUT2D eigenvalue weighted by atomic mass is 32.2. The molecule has 0 radical (unpaired) electrons. The minimum absolute atomic E-state index is 0.0310. The molecule has 0 bridgehead atoms. The number of carbonyl (C=O) groups is 1. The van der Waals surface area contributed by atoms with Gasteiger partial charge in [0.25, 0.3) is 0 Å². The maximum Gasteiger partial charge on any atom is 0.248 e. The fraction of sp³-hybridized carbons (Fsp3) is 0.909. The molecule has 0 aromatic heterocycles. The third-order valence-electron chi connectivity index (χ3n) is 3.68. The Balaban J connectivity index is 2.08. The number of rotatable bonds is 3. The summed E-state index contributed by atoms with van der Waals surface area (Å²) in [7, 11) is -3.05. The predicted octanol–water partition coefficient (Wildman–Crippen LogP) is -0.860. The Hall–Kier alpha value is -0.660. The Labute approximate surface area is 107 Å². The average molecular weight is 276 g/mol. The van der Waals surface area contributed by atoms with E-state index in [9.17, 15) is 13.2 Å². The van der Waals surface area contributed by atoms with Crippen molar-refractivity contribution in [2.45, 2.75) is 30.6 Å². The smallest absolute Gasteiger partial charge is 0.248 e. The van der Waals surface area contributed by atoms with Crippen molar-refractivity contribution in [3.63, 3.8) is 0 Å². The highest BCUT2D eigenvalue weighted by Gasteiger charge is 2.35. The first kappa shape index (κ1) is 13.8. The van der Waals surface area contributed by atoms with Crippen molar-refractivity contribution in [1.29, 1.82) is 0 Å². The van der Waals surface area contributed by atoms with E-state index in [1.54, 1.807) is 4.90 Å². The van der Waals surface area contributed by atoms with Crippen LogP contribution in [0.5, 0.6) is 0 Å². The second-order valence-corrected chi connectivity index (χ2v) is 7.34. The van der Waals surface area contributed by atoms with E-state index in [4.69, 9.17) is 10.5 Å². The molecule has 2 atom stereocenters. The third-order valence-corrected chi connectivity index (χ3v) is 5.94. The second-order valence-electron chi connectivity index (χ2n) is 4.94. The summed E-state index contributed by atoms with van der Waals surface area (Å²) in [6.07, 6.45) is 2.29. The van der Waals surface area contributed by atoms with E-state index in [0.717, 1.165) is 12.8 Å². The van der Waals surface area contributed by atoms with Crippen LogP contribution < -0.4 is 5.73 Å². The van der Waals surface area contributed by atoms with Crippen LogP contribution in [0.15, 0.2) is 0 Å². The lowest BCUT2D eigenvalue weighted by atomic mass is 10.1. The molecule has 0 aromatic carbocycles. The molecule has 7 heteroatoms. The highest BCUT2D eigenvalue weighted by Crippen LogP contribution is 2.22. The van der Waals surface area contributed by atoms with Crippen molar-refractivity contribution in [3.05, 3.63) is 0 Å². The highest BCUT2D eigenvalue weighted by molar-refractivity contribution is 7.92. The zero-order valence-corrected chi connectivity index (χ0v) is 11.2. The van der Waals surface area contributed by atoms with Gasteiger partial charge in [-0.25, -0.2) is 8.42 Å². The standard InChI is InChI=1S/C11H20N2O4S/c12-5-9-7-17-8-11(14)13(9)6-10-3-1-2-4-18(10,15)16/h9-10H,1-8,12H2. The van der Waals surface area contributed by atoms with Crippen LogP contribution >= 0.6 is 0 Å². The summed E-state index contributed by atoms with van der Waals surface area (Å²) >= 11 is 0. The number of carbonyl (C=O) groups excluding carboxylic acids is 1. The summed E-state index contributed by atoms with van der Waals surface area (Å²) in [6.45, 7) is 1.00. The Morgan fingerprint density at radius 3 is 2.83 bits per heavy atom. The number of hydrogen-bond acceptors (Lipinski definition) is 5. The molecule has 2 N–H and O–H groups in total. The van der Waals surface area contributed by atoms with Crippen LogP contribution in [0, 0.1) is 0 Å². The summed E-state index contributed by atoms with van der Waals surface area (Å²) in [4.78, 5) is 13.4. The zero-order valence-electron chi connectivity index (χ0n) is 10.4. The van der Waals surface area contributed by atoms with Crippen LogP contribution in [0.25, 0.3) is 0 Å². The van der Waals surface area contributed by atoms with Crippen LogP contribution in [0.4, 0.5) is 0 Å². The van der Waals surface area contributed by atoms with Crippen molar-refractivity contribution in [3.8, 4) is 0 Å². The van der Waals surface area contributed by atoms with Gasteiger partial charge in [0.15, 0.2) is 9.84 Å². The summed E-state index contributed by atoms with van der Waals surface area (Å²) in [5.41, 5.74) is 5.61. The van der Waals surface area contributed by atoms with E-state index in [-0.39, 0.29) is 30.9 Å². The minimum Gasteiger partial charge on any atom is -0.369 e. The maximum absolute atomic E-state index is 12.0. The number of sulfone groups is 1. The van der Waals surface area contributed by atoms with Crippen LogP contribution in [-0.2, 0) is 19.4 Å². The lowest BCUT2D eigenvalue weighted by Crippen LogP contribution is -2.56. The van der Waals surface area contributed by atoms with Gasteiger partial charge in [0.2, 0.25) is 5.91 Å². The summed E-state index contributed by atoms with van der Waals surface area (Å²) < 4.78 is 29.0. The van der Waals surface area contributed by atoms with Crippen LogP contribution in [0.1, 0.15) is 19.3 Å². The Kier molecular flexibility index (Phi) is 4.24. The van der Waals surface area contributed by atoms with E-state index in [1.165, 1.54) is 0 Å². The van der Waals surface area contributed by atoms with E-state index >= 15 is 0 Å². The molecular formula is C11H20N2O4S. The lowest BCUT2D eigenvalue weighted by molar-refractivity contribution is -0.147. The number of hydrogen-bond donors (Lipinski definition) is 1. The van der Waals surface area contributed by atoms with Gasteiger partial charge < -0.3 is 15.4 Å². The van der Waals surface area contributed by atoms with E-state index < -0.39 is 15.1 Å². The van der Waals surface area contributed by atoms with Gasteiger partial charge in [0.1, 0.15) is 6.61 Å². The quantitative estimate of drug-likeness (QED) is 0.724. The molecule has 6 nitrogen and oxygen atoms in total. The van der Waals surface area contributed by atoms with Crippen molar-refractivity contribution >= 4 is 15.7 Å². The van der Waals surface area contributed by atoms with Crippen molar-refractivity contribution in [2.75, 3.05) is 32.1 Å². The average Bonchev–Trinajstić information content (AvgIpc) is 2.33. The molecule has 2 unspecified atom stereocenters. The molecule has 104 valence electrons. The number of amides is 1. The van der Waals surface area contributed by atoms with Gasteiger partial charge in [0.05, 0.1) is 23.7 Å². The van der Waals surface area contributed by atoms with Gasteiger partial charge in [-0.3, -0.25) is 4.79 Å². The molecule has 0 aromatic rings. The Morgan fingerprint density at radius 1 is 1.39 bits per heavy atom. The van der Waals surface area contributed by atoms with Gasteiger partial charge >= 0.3 is 0 Å². The maximum atomic E-state index is 12.0. The van der Waals surface area contributed by atoms with Gasteiger partial charge in [0, 0.05) is 13.1 Å². The molecule has 0 aliphatic carbocycles. The molecule has 2 saturated heterocycles. The predicted molar refractivity (Wildman–Crippen MR) is 66.8 cm³/mol. The third kappa shape index (κ3) is 2.84. The first-order valence-electron chi connectivity index (χ1n) is 6.33. The number of nitrogens with two attached hydrogens (primary N) is 1. The van der Waals surface area contributed by atoms with Crippen molar-refractivity contribution < 1.29 is 17.9 Å². The molecule has 0 spiro atoms. The van der Waals surface area contributed by atoms with E-state index in [1.807, 2.05) is 0 Å². The topological polar surface area (TPSA) is 89.7 Å².